The molecular weight excluding hydrogens is 501 g/mol. The maximum Gasteiger partial charge on any atom is 0.264 e. The SMILES string of the molecule is CS(=O)(=O)OCCc1cc(Nc2ncc3c(n2)-c2ccccc2[C@H](c2ccccc2F)C3)ccc1Cl. The van der Waals surface area contributed by atoms with Gasteiger partial charge >= 0.3 is 0 Å². The second-order valence-electron chi connectivity index (χ2n) is 8.64. The summed E-state index contributed by atoms with van der Waals surface area (Å²) in [6.07, 6.45) is 3.72. The number of hydrogen-bond acceptors (Lipinski definition) is 6. The molecule has 1 aliphatic carbocycles. The lowest BCUT2D eigenvalue weighted by molar-refractivity contribution is 0.326. The topological polar surface area (TPSA) is 81.2 Å². The van der Waals surface area contributed by atoms with Crippen molar-refractivity contribution in [1.82, 2.24) is 9.97 Å². The third kappa shape index (κ3) is 5.26. The van der Waals surface area contributed by atoms with Crippen molar-refractivity contribution in [1.29, 1.82) is 0 Å². The number of hydrogen-bond donors (Lipinski definition) is 1. The van der Waals surface area contributed by atoms with E-state index in [9.17, 15) is 12.8 Å². The minimum absolute atomic E-state index is 0.00267. The summed E-state index contributed by atoms with van der Waals surface area (Å²) in [5, 5.41) is 3.72. The highest BCUT2D eigenvalue weighted by Crippen LogP contribution is 2.42. The summed E-state index contributed by atoms with van der Waals surface area (Å²) >= 11 is 6.28. The second-order valence-corrected chi connectivity index (χ2v) is 10.7. The Labute approximate surface area is 214 Å². The predicted molar refractivity (Wildman–Crippen MR) is 139 cm³/mol. The molecule has 1 N–H and O–H groups in total. The van der Waals surface area contributed by atoms with Crippen LogP contribution < -0.4 is 5.32 Å². The number of nitrogens with zero attached hydrogens (tertiary/aromatic N) is 2. The highest BCUT2D eigenvalue weighted by molar-refractivity contribution is 7.85. The number of benzene rings is 3. The molecule has 4 aromatic rings. The molecule has 184 valence electrons. The summed E-state index contributed by atoms with van der Waals surface area (Å²) in [6, 6.07) is 20.2. The van der Waals surface area contributed by atoms with Crippen LogP contribution in [0.2, 0.25) is 5.02 Å². The van der Waals surface area contributed by atoms with Gasteiger partial charge in [-0.1, -0.05) is 54.1 Å². The van der Waals surface area contributed by atoms with Gasteiger partial charge in [0.2, 0.25) is 5.95 Å². The van der Waals surface area contributed by atoms with E-state index in [0.29, 0.717) is 35.1 Å². The Morgan fingerprint density at radius 3 is 2.61 bits per heavy atom. The summed E-state index contributed by atoms with van der Waals surface area (Å²) in [5.41, 5.74) is 5.84. The second kappa shape index (κ2) is 9.97. The minimum Gasteiger partial charge on any atom is -0.324 e. The van der Waals surface area contributed by atoms with Crippen LogP contribution in [0.15, 0.2) is 72.9 Å². The molecule has 0 saturated heterocycles. The number of anilines is 2. The van der Waals surface area contributed by atoms with E-state index in [1.807, 2.05) is 42.5 Å². The van der Waals surface area contributed by atoms with Gasteiger partial charge in [0.25, 0.3) is 10.1 Å². The highest BCUT2D eigenvalue weighted by Gasteiger charge is 2.29. The summed E-state index contributed by atoms with van der Waals surface area (Å²) < 4.78 is 42.0. The Hall–Kier alpha value is -3.33. The number of fused-ring (bicyclic) bond motifs is 3. The molecule has 0 fully saturated rings. The van der Waals surface area contributed by atoms with Crippen LogP contribution in [0.3, 0.4) is 0 Å². The van der Waals surface area contributed by atoms with E-state index in [1.165, 1.54) is 6.07 Å². The maximum atomic E-state index is 14.7. The molecule has 9 heteroatoms. The number of rotatable bonds is 7. The van der Waals surface area contributed by atoms with Crippen LogP contribution in [0.1, 0.15) is 28.2 Å². The molecule has 1 heterocycles. The van der Waals surface area contributed by atoms with Crippen molar-refractivity contribution in [3.63, 3.8) is 0 Å². The predicted octanol–water partition coefficient (Wildman–Crippen LogP) is 5.89. The third-order valence-corrected chi connectivity index (χ3v) is 7.09. The number of aromatic nitrogens is 2. The fraction of sp³-hybridized carbons (Fsp3) is 0.185. The smallest absolute Gasteiger partial charge is 0.264 e. The molecule has 1 aliphatic rings. The average Bonchev–Trinajstić information content (AvgIpc) is 2.85. The third-order valence-electron chi connectivity index (χ3n) is 6.13. The molecule has 0 aliphatic heterocycles. The number of halogens is 2. The molecule has 0 saturated carbocycles. The summed E-state index contributed by atoms with van der Waals surface area (Å²) in [4.78, 5) is 9.30. The lowest BCUT2D eigenvalue weighted by atomic mass is 9.78. The van der Waals surface area contributed by atoms with E-state index in [-0.39, 0.29) is 18.3 Å². The van der Waals surface area contributed by atoms with Crippen molar-refractivity contribution in [3.05, 3.63) is 106 Å². The molecule has 1 aromatic heterocycles. The summed E-state index contributed by atoms with van der Waals surface area (Å²) in [5.74, 6) is 0.0688. The van der Waals surface area contributed by atoms with E-state index < -0.39 is 10.1 Å². The molecule has 0 bridgehead atoms. The van der Waals surface area contributed by atoms with Crippen LogP contribution in [0.5, 0.6) is 0 Å². The monoisotopic (exact) mass is 523 g/mol. The molecule has 0 radical (unpaired) electrons. The largest absolute Gasteiger partial charge is 0.324 e. The van der Waals surface area contributed by atoms with Crippen LogP contribution in [0.25, 0.3) is 11.3 Å². The van der Waals surface area contributed by atoms with Gasteiger partial charge in [-0.25, -0.2) is 14.4 Å². The maximum absolute atomic E-state index is 14.7. The molecule has 5 rings (SSSR count). The van der Waals surface area contributed by atoms with Crippen LogP contribution in [-0.4, -0.2) is 31.2 Å². The van der Waals surface area contributed by atoms with Crippen molar-refractivity contribution in [2.75, 3.05) is 18.2 Å². The van der Waals surface area contributed by atoms with Gasteiger partial charge in [-0.05, 0) is 59.4 Å². The first-order valence-corrected chi connectivity index (χ1v) is 13.6. The van der Waals surface area contributed by atoms with Gasteiger partial charge in [0.1, 0.15) is 5.82 Å². The minimum atomic E-state index is -3.52. The average molecular weight is 524 g/mol. The first-order chi connectivity index (χ1) is 17.3. The van der Waals surface area contributed by atoms with Gasteiger partial charge < -0.3 is 5.32 Å². The molecule has 0 unspecified atom stereocenters. The van der Waals surface area contributed by atoms with Gasteiger partial charge in [0, 0.05) is 28.4 Å². The van der Waals surface area contributed by atoms with Gasteiger partial charge in [-0.3, -0.25) is 4.18 Å². The summed E-state index contributed by atoms with van der Waals surface area (Å²) in [6.45, 7) is -0.00267. The fourth-order valence-corrected chi connectivity index (χ4v) is 5.11. The zero-order chi connectivity index (χ0) is 25.3. The lowest BCUT2D eigenvalue weighted by Crippen LogP contribution is -2.16. The van der Waals surface area contributed by atoms with E-state index in [4.69, 9.17) is 20.8 Å². The Balaban J connectivity index is 1.42. The molecule has 3 aromatic carbocycles. The Bertz CT molecular complexity index is 1550. The van der Waals surface area contributed by atoms with Gasteiger partial charge in [0.05, 0.1) is 18.6 Å². The van der Waals surface area contributed by atoms with E-state index in [1.54, 1.807) is 24.4 Å². The van der Waals surface area contributed by atoms with Crippen molar-refractivity contribution < 1.29 is 17.0 Å². The van der Waals surface area contributed by atoms with Crippen molar-refractivity contribution in [3.8, 4) is 11.3 Å². The Morgan fingerprint density at radius 1 is 1.08 bits per heavy atom. The first kappa shape index (κ1) is 24.4. The lowest BCUT2D eigenvalue weighted by Gasteiger charge is -2.27. The molecule has 0 amide bonds. The zero-order valence-electron chi connectivity index (χ0n) is 19.4. The van der Waals surface area contributed by atoms with Crippen LogP contribution in [-0.2, 0) is 27.1 Å². The Kier molecular flexibility index (Phi) is 6.75. The van der Waals surface area contributed by atoms with Crippen LogP contribution >= 0.6 is 11.6 Å². The van der Waals surface area contributed by atoms with Gasteiger partial charge in [-0.15, -0.1) is 0 Å². The van der Waals surface area contributed by atoms with E-state index in [2.05, 4.69) is 10.3 Å². The molecule has 1 atom stereocenters. The zero-order valence-corrected chi connectivity index (χ0v) is 21.0. The van der Waals surface area contributed by atoms with Crippen molar-refractivity contribution >= 4 is 33.4 Å². The molecule has 6 nitrogen and oxygen atoms in total. The summed E-state index contributed by atoms with van der Waals surface area (Å²) in [7, 11) is -3.52. The first-order valence-electron chi connectivity index (χ1n) is 11.4. The number of nitrogens with one attached hydrogen (secondary N) is 1. The van der Waals surface area contributed by atoms with Crippen LogP contribution in [0.4, 0.5) is 16.0 Å². The molecular formula is C27H23ClFN3O3S. The van der Waals surface area contributed by atoms with Gasteiger partial charge in [0.15, 0.2) is 0 Å². The van der Waals surface area contributed by atoms with Crippen molar-refractivity contribution in [2.24, 2.45) is 0 Å². The molecule has 36 heavy (non-hydrogen) atoms. The fourth-order valence-electron chi connectivity index (χ4n) is 4.51. The van der Waals surface area contributed by atoms with E-state index in [0.717, 1.165) is 34.2 Å². The highest BCUT2D eigenvalue weighted by atomic mass is 35.5. The van der Waals surface area contributed by atoms with E-state index >= 15 is 0 Å². The Morgan fingerprint density at radius 2 is 1.83 bits per heavy atom. The quantitative estimate of drug-likeness (QED) is 0.304. The van der Waals surface area contributed by atoms with Crippen molar-refractivity contribution in [2.45, 2.75) is 18.8 Å². The standard InChI is InChI=1S/C27H23ClFN3O3S/c1-36(33,34)35-13-12-17-14-19(10-11-24(17)28)31-27-30-16-18-15-23(21-7-4-5-9-25(21)29)20-6-2-3-8-22(20)26(18)32-27/h2-11,14,16,23H,12-13,15H2,1H3,(H,30,31,32)/t23-/m1/s1. The molecule has 0 spiro atoms. The normalized spacial score (nSPS) is 14.7. The van der Waals surface area contributed by atoms with Crippen LogP contribution in [0, 0.1) is 5.82 Å². The van der Waals surface area contributed by atoms with Gasteiger partial charge in [-0.2, -0.15) is 8.42 Å².